The fraction of sp³-hybridized carbons (Fsp3) is 0.375. The van der Waals surface area contributed by atoms with E-state index in [2.05, 4.69) is 5.32 Å². The standard InChI is InChI=1S/C16H18N2O3/c19-15(20)14-9-11-5-1-2-6-12(11)10-18(14)16(21)17-13-7-3-4-8-13/h1-6,13-14H,7-10H2,(H,17,21)(H,19,20). The van der Waals surface area contributed by atoms with Gasteiger partial charge >= 0.3 is 12.0 Å². The van der Waals surface area contributed by atoms with Crippen molar-refractivity contribution >= 4 is 12.0 Å². The van der Waals surface area contributed by atoms with E-state index in [1.54, 1.807) is 0 Å². The molecule has 1 aromatic carbocycles. The summed E-state index contributed by atoms with van der Waals surface area (Å²) < 4.78 is 0. The van der Waals surface area contributed by atoms with Gasteiger partial charge in [0.2, 0.25) is 0 Å². The Morgan fingerprint density at radius 2 is 1.81 bits per heavy atom. The smallest absolute Gasteiger partial charge is 0.326 e. The summed E-state index contributed by atoms with van der Waals surface area (Å²) in [5, 5.41) is 12.3. The van der Waals surface area contributed by atoms with Gasteiger partial charge in [0, 0.05) is 19.0 Å². The second kappa shape index (κ2) is 5.60. The molecular formula is C16H18N2O3. The van der Waals surface area contributed by atoms with Crippen molar-refractivity contribution in [3.05, 3.63) is 47.5 Å². The molecular weight excluding hydrogens is 268 g/mol. The van der Waals surface area contributed by atoms with Crippen LogP contribution in [0.25, 0.3) is 0 Å². The number of carboxylic acid groups (broad SMARTS) is 1. The number of carboxylic acids is 1. The summed E-state index contributed by atoms with van der Waals surface area (Å²) in [6, 6.07) is 6.70. The van der Waals surface area contributed by atoms with Gasteiger partial charge in [-0.05, 0) is 24.0 Å². The third kappa shape index (κ3) is 2.77. The minimum atomic E-state index is -0.954. The summed E-state index contributed by atoms with van der Waals surface area (Å²) in [4.78, 5) is 25.3. The van der Waals surface area contributed by atoms with Crippen molar-refractivity contribution in [2.24, 2.45) is 0 Å². The molecule has 0 fully saturated rings. The lowest BCUT2D eigenvalue weighted by molar-refractivity contribution is -0.142. The highest BCUT2D eigenvalue weighted by Crippen LogP contribution is 2.24. The van der Waals surface area contributed by atoms with Crippen LogP contribution in [-0.2, 0) is 17.8 Å². The van der Waals surface area contributed by atoms with Gasteiger partial charge in [-0.15, -0.1) is 0 Å². The highest BCUT2D eigenvalue weighted by atomic mass is 16.4. The van der Waals surface area contributed by atoms with Crippen molar-refractivity contribution in [1.29, 1.82) is 0 Å². The molecule has 2 amide bonds. The van der Waals surface area contributed by atoms with E-state index in [1.165, 1.54) is 4.90 Å². The summed E-state index contributed by atoms with van der Waals surface area (Å²) in [7, 11) is 0. The molecule has 0 bridgehead atoms. The molecule has 5 heteroatoms. The normalized spacial score (nSPS) is 21.1. The van der Waals surface area contributed by atoms with E-state index in [9.17, 15) is 14.7 Å². The first-order chi connectivity index (χ1) is 10.1. The zero-order chi connectivity index (χ0) is 14.8. The number of nitrogens with zero attached hydrogens (tertiary/aromatic N) is 1. The molecule has 110 valence electrons. The van der Waals surface area contributed by atoms with E-state index in [-0.39, 0.29) is 12.1 Å². The van der Waals surface area contributed by atoms with Crippen LogP contribution in [0.2, 0.25) is 0 Å². The van der Waals surface area contributed by atoms with Crippen molar-refractivity contribution in [3.8, 4) is 0 Å². The molecule has 1 atom stereocenters. The van der Waals surface area contributed by atoms with Gasteiger partial charge in [0.15, 0.2) is 0 Å². The maximum atomic E-state index is 12.4. The molecule has 21 heavy (non-hydrogen) atoms. The minimum absolute atomic E-state index is 0.0871. The lowest BCUT2D eigenvalue weighted by Gasteiger charge is -2.35. The molecule has 0 radical (unpaired) electrons. The van der Waals surface area contributed by atoms with Gasteiger partial charge in [-0.25, -0.2) is 9.59 Å². The van der Waals surface area contributed by atoms with Gasteiger partial charge in [0.1, 0.15) is 6.04 Å². The Labute approximate surface area is 123 Å². The molecule has 1 aliphatic carbocycles. The average molecular weight is 286 g/mol. The minimum Gasteiger partial charge on any atom is -0.480 e. The second-order valence-corrected chi connectivity index (χ2v) is 5.54. The first-order valence-electron chi connectivity index (χ1n) is 7.17. The zero-order valence-electron chi connectivity index (χ0n) is 11.7. The molecule has 5 nitrogen and oxygen atoms in total. The Balaban J connectivity index is 1.78. The molecule has 2 aliphatic rings. The largest absolute Gasteiger partial charge is 0.480 e. The number of amides is 2. The molecule has 0 saturated heterocycles. The lowest BCUT2D eigenvalue weighted by Crippen LogP contribution is -2.53. The van der Waals surface area contributed by atoms with Crippen molar-refractivity contribution in [1.82, 2.24) is 10.2 Å². The van der Waals surface area contributed by atoms with Gasteiger partial charge in [-0.2, -0.15) is 0 Å². The summed E-state index contributed by atoms with van der Waals surface area (Å²) in [6.45, 7) is 0.346. The maximum Gasteiger partial charge on any atom is 0.326 e. The second-order valence-electron chi connectivity index (χ2n) is 5.54. The van der Waals surface area contributed by atoms with Crippen molar-refractivity contribution in [3.63, 3.8) is 0 Å². The number of carbonyl (C=O) groups is 2. The van der Waals surface area contributed by atoms with E-state index in [4.69, 9.17) is 0 Å². The first-order valence-corrected chi connectivity index (χ1v) is 7.17. The molecule has 1 aromatic rings. The monoisotopic (exact) mass is 286 g/mol. The Hall–Kier alpha value is -2.30. The number of aliphatic carboxylic acids is 1. The van der Waals surface area contributed by atoms with Crippen molar-refractivity contribution in [2.45, 2.75) is 37.9 Å². The summed E-state index contributed by atoms with van der Waals surface area (Å²) in [6.07, 6.45) is 6.06. The van der Waals surface area contributed by atoms with Crippen LogP contribution in [0.15, 0.2) is 36.4 Å². The van der Waals surface area contributed by atoms with Crippen LogP contribution in [0.4, 0.5) is 4.79 Å². The zero-order valence-corrected chi connectivity index (χ0v) is 11.7. The van der Waals surface area contributed by atoms with E-state index in [1.807, 2.05) is 36.4 Å². The van der Waals surface area contributed by atoms with E-state index < -0.39 is 12.0 Å². The molecule has 1 unspecified atom stereocenters. The topological polar surface area (TPSA) is 69.6 Å². The number of fused-ring (bicyclic) bond motifs is 1. The van der Waals surface area contributed by atoms with Gasteiger partial charge < -0.3 is 15.3 Å². The SMILES string of the molecule is O=C(O)C1Cc2ccccc2CN1C(=O)NC1CC=CC1. The number of carbonyl (C=O) groups excluding carboxylic acids is 1. The predicted octanol–water partition coefficient (Wildman–Crippen LogP) is 1.93. The fourth-order valence-corrected chi connectivity index (χ4v) is 2.95. The van der Waals surface area contributed by atoms with E-state index >= 15 is 0 Å². The molecule has 0 saturated carbocycles. The number of rotatable bonds is 2. The quantitative estimate of drug-likeness (QED) is 0.816. The maximum absolute atomic E-state index is 12.4. The van der Waals surface area contributed by atoms with Crippen LogP contribution in [0.3, 0.4) is 0 Å². The van der Waals surface area contributed by atoms with Crippen LogP contribution in [0, 0.1) is 0 Å². The third-order valence-electron chi connectivity index (χ3n) is 4.13. The molecule has 3 rings (SSSR count). The Bertz CT molecular complexity index is 589. The van der Waals surface area contributed by atoms with Crippen LogP contribution in [-0.4, -0.2) is 34.1 Å². The lowest BCUT2D eigenvalue weighted by atomic mass is 9.94. The average Bonchev–Trinajstić information content (AvgIpc) is 2.98. The van der Waals surface area contributed by atoms with Gasteiger partial charge in [0.25, 0.3) is 0 Å². The van der Waals surface area contributed by atoms with E-state index in [0.29, 0.717) is 13.0 Å². The highest BCUT2D eigenvalue weighted by molar-refractivity contribution is 5.83. The highest BCUT2D eigenvalue weighted by Gasteiger charge is 2.35. The number of urea groups is 1. The van der Waals surface area contributed by atoms with Crippen molar-refractivity contribution in [2.75, 3.05) is 0 Å². The Morgan fingerprint density at radius 3 is 2.48 bits per heavy atom. The van der Waals surface area contributed by atoms with Gasteiger partial charge in [0.05, 0.1) is 0 Å². The van der Waals surface area contributed by atoms with Gasteiger partial charge in [-0.1, -0.05) is 36.4 Å². The Kier molecular flexibility index (Phi) is 3.64. The molecule has 0 aromatic heterocycles. The van der Waals surface area contributed by atoms with Crippen LogP contribution < -0.4 is 5.32 Å². The van der Waals surface area contributed by atoms with Crippen LogP contribution in [0.5, 0.6) is 0 Å². The van der Waals surface area contributed by atoms with Crippen LogP contribution >= 0.6 is 0 Å². The molecule has 1 aliphatic heterocycles. The number of benzene rings is 1. The number of hydrogen-bond acceptors (Lipinski definition) is 2. The number of nitrogens with one attached hydrogen (secondary N) is 1. The Morgan fingerprint density at radius 1 is 1.14 bits per heavy atom. The van der Waals surface area contributed by atoms with Crippen molar-refractivity contribution < 1.29 is 14.7 Å². The van der Waals surface area contributed by atoms with Gasteiger partial charge in [-0.3, -0.25) is 0 Å². The van der Waals surface area contributed by atoms with E-state index in [0.717, 1.165) is 24.0 Å². The molecule has 0 spiro atoms. The molecule has 1 heterocycles. The first kappa shape index (κ1) is 13.7. The third-order valence-corrected chi connectivity index (χ3v) is 4.13. The summed E-state index contributed by atoms with van der Waals surface area (Å²) in [5.74, 6) is -0.954. The summed E-state index contributed by atoms with van der Waals surface area (Å²) in [5.41, 5.74) is 2.03. The number of hydrogen-bond donors (Lipinski definition) is 2. The molecule has 2 N–H and O–H groups in total. The van der Waals surface area contributed by atoms with Crippen LogP contribution in [0.1, 0.15) is 24.0 Å². The predicted molar refractivity (Wildman–Crippen MR) is 77.8 cm³/mol. The summed E-state index contributed by atoms with van der Waals surface area (Å²) >= 11 is 0. The fourth-order valence-electron chi connectivity index (χ4n) is 2.95.